The number of methoxy groups -OCH3 is 2. The summed E-state index contributed by atoms with van der Waals surface area (Å²) in [6.07, 6.45) is 2.73. The number of aromatic nitrogens is 1. The van der Waals surface area contributed by atoms with Gasteiger partial charge in [-0.15, -0.1) is 11.3 Å². The van der Waals surface area contributed by atoms with Crippen LogP contribution in [-0.4, -0.2) is 19.2 Å². The van der Waals surface area contributed by atoms with Crippen LogP contribution in [0.2, 0.25) is 0 Å². The van der Waals surface area contributed by atoms with E-state index >= 15 is 0 Å². The summed E-state index contributed by atoms with van der Waals surface area (Å²) in [5.74, 6) is 1.27. The Balaban J connectivity index is 2.28. The van der Waals surface area contributed by atoms with Crippen LogP contribution >= 0.6 is 11.3 Å². The van der Waals surface area contributed by atoms with Gasteiger partial charge >= 0.3 is 0 Å². The molecule has 1 atom stereocenters. The highest BCUT2D eigenvalue weighted by Crippen LogP contribution is 2.36. The fourth-order valence-corrected chi connectivity index (χ4v) is 2.73. The van der Waals surface area contributed by atoms with E-state index in [-0.39, 0.29) is 6.04 Å². The third-order valence-corrected chi connectivity index (χ3v) is 3.93. The maximum absolute atomic E-state index is 6.06. The Bertz CT molecular complexity index is 558. The van der Waals surface area contributed by atoms with Crippen LogP contribution in [0.1, 0.15) is 24.4 Å². The van der Waals surface area contributed by atoms with Gasteiger partial charge in [-0.25, -0.2) is 4.98 Å². The molecule has 0 aliphatic heterocycles. The van der Waals surface area contributed by atoms with Crippen molar-refractivity contribution >= 4 is 22.7 Å². The molecule has 2 aromatic rings. The highest BCUT2D eigenvalue weighted by atomic mass is 32.1. The molecule has 0 saturated carbocycles. The molecule has 2 rings (SSSR count). The predicted octanol–water partition coefficient (Wildman–Crippen LogP) is 3.31. The summed E-state index contributed by atoms with van der Waals surface area (Å²) in [6.45, 7) is 2.11. The van der Waals surface area contributed by atoms with Gasteiger partial charge in [0.2, 0.25) is 0 Å². The van der Waals surface area contributed by atoms with E-state index in [9.17, 15) is 0 Å². The van der Waals surface area contributed by atoms with Crippen molar-refractivity contribution < 1.29 is 9.47 Å². The zero-order chi connectivity index (χ0) is 14.5. The second kappa shape index (κ2) is 6.47. The average molecular weight is 293 g/mol. The van der Waals surface area contributed by atoms with Gasteiger partial charge in [-0.2, -0.15) is 0 Å². The third-order valence-electron chi connectivity index (χ3n) is 3.04. The van der Waals surface area contributed by atoms with Crippen molar-refractivity contribution in [1.29, 1.82) is 0 Å². The smallest absolute Gasteiger partial charge is 0.162 e. The number of anilines is 2. The number of nitrogens with one attached hydrogen (secondary N) is 1. The van der Waals surface area contributed by atoms with E-state index in [2.05, 4.69) is 17.2 Å². The van der Waals surface area contributed by atoms with Crippen LogP contribution in [0, 0.1) is 0 Å². The Morgan fingerprint density at radius 1 is 1.30 bits per heavy atom. The van der Waals surface area contributed by atoms with Crippen molar-refractivity contribution in [3.8, 4) is 11.5 Å². The first-order chi connectivity index (χ1) is 9.69. The summed E-state index contributed by atoms with van der Waals surface area (Å²) in [5, 5.41) is 6.43. The minimum Gasteiger partial charge on any atom is -0.493 e. The zero-order valence-corrected chi connectivity index (χ0v) is 12.7. The van der Waals surface area contributed by atoms with Crippen LogP contribution in [0.4, 0.5) is 11.4 Å². The molecule has 0 saturated heterocycles. The van der Waals surface area contributed by atoms with Crippen molar-refractivity contribution in [2.75, 3.05) is 25.3 Å². The highest BCUT2D eigenvalue weighted by Gasteiger charge is 2.15. The average Bonchev–Trinajstić information content (AvgIpc) is 2.99. The third kappa shape index (κ3) is 2.96. The molecule has 0 amide bonds. The van der Waals surface area contributed by atoms with Crippen molar-refractivity contribution in [3.05, 3.63) is 28.7 Å². The Morgan fingerprint density at radius 2 is 2.00 bits per heavy atom. The number of nitrogens with zero attached hydrogens (tertiary/aromatic N) is 1. The maximum Gasteiger partial charge on any atom is 0.162 e. The first kappa shape index (κ1) is 14.5. The molecule has 1 unspecified atom stereocenters. The summed E-state index contributed by atoms with van der Waals surface area (Å²) < 4.78 is 10.5. The van der Waals surface area contributed by atoms with Crippen LogP contribution in [-0.2, 0) is 0 Å². The van der Waals surface area contributed by atoms with Gasteiger partial charge in [-0.1, -0.05) is 6.92 Å². The van der Waals surface area contributed by atoms with Gasteiger partial charge in [0, 0.05) is 23.7 Å². The summed E-state index contributed by atoms with van der Waals surface area (Å²) in [5.41, 5.74) is 7.51. The first-order valence-corrected chi connectivity index (χ1v) is 7.25. The molecule has 0 spiro atoms. The summed E-state index contributed by atoms with van der Waals surface area (Å²) in [6, 6.07) is 3.75. The molecule has 0 aliphatic rings. The molecule has 0 aliphatic carbocycles. The molecule has 1 aromatic heterocycles. The van der Waals surface area contributed by atoms with Gasteiger partial charge in [0.05, 0.1) is 31.6 Å². The molecule has 6 heteroatoms. The van der Waals surface area contributed by atoms with Crippen LogP contribution in [0.5, 0.6) is 11.5 Å². The highest BCUT2D eigenvalue weighted by molar-refractivity contribution is 7.09. The van der Waals surface area contributed by atoms with Gasteiger partial charge in [-0.3, -0.25) is 0 Å². The van der Waals surface area contributed by atoms with Crippen LogP contribution in [0.3, 0.4) is 0 Å². The molecular formula is C14H19N3O2S. The SMILES string of the molecule is CCC(Nc1cc(OC)c(OC)cc1N)c1nccs1. The quantitative estimate of drug-likeness (QED) is 0.800. The van der Waals surface area contributed by atoms with E-state index in [4.69, 9.17) is 15.2 Å². The van der Waals surface area contributed by atoms with Gasteiger partial charge in [0.25, 0.3) is 0 Å². The van der Waals surface area contributed by atoms with E-state index in [0.717, 1.165) is 17.1 Å². The molecule has 5 nitrogen and oxygen atoms in total. The van der Waals surface area contributed by atoms with E-state index in [1.54, 1.807) is 31.6 Å². The van der Waals surface area contributed by atoms with Gasteiger partial charge in [0.15, 0.2) is 11.5 Å². The standard InChI is InChI=1S/C14H19N3O2S/c1-4-10(14-16-5-6-20-14)17-11-8-13(19-3)12(18-2)7-9(11)15/h5-8,10,17H,4,15H2,1-3H3. The lowest BCUT2D eigenvalue weighted by molar-refractivity contribution is 0.355. The summed E-state index contributed by atoms with van der Waals surface area (Å²) in [7, 11) is 3.20. The molecule has 0 radical (unpaired) electrons. The number of rotatable bonds is 6. The second-order valence-electron chi connectivity index (χ2n) is 4.27. The monoisotopic (exact) mass is 293 g/mol. The molecule has 0 fully saturated rings. The first-order valence-electron chi connectivity index (χ1n) is 6.37. The second-order valence-corrected chi connectivity index (χ2v) is 5.20. The zero-order valence-electron chi connectivity index (χ0n) is 11.8. The largest absolute Gasteiger partial charge is 0.493 e. The van der Waals surface area contributed by atoms with E-state index in [1.165, 1.54) is 0 Å². The molecule has 108 valence electrons. The lowest BCUT2D eigenvalue weighted by Crippen LogP contribution is -2.11. The Morgan fingerprint density at radius 3 is 2.55 bits per heavy atom. The number of hydrogen-bond acceptors (Lipinski definition) is 6. The van der Waals surface area contributed by atoms with Gasteiger partial charge < -0.3 is 20.5 Å². The summed E-state index contributed by atoms with van der Waals surface area (Å²) >= 11 is 1.63. The van der Waals surface area contributed by atoms with E-state index < -0.39 is 0 Å². The number of benzene rings is 1. The maximum atomic E-state index is 6.06. The molecule has 1 aromatic carbocycles. The number of ether oxygens (including phenoxy) is 2. The fourth-order valence-electron chi connectivity index (χ4n) is 1.95. The Labute approximate surface area is 122 Å². The lowest BCUT2D eigenvalue weighted by atomic mass is 10.2. The number of hydrogen-bond donors (Lipinski definition) is 2. The van der Waals surface area contributed by atoms with Crippen molar-refractivity contribution in [3.63, 3.8) is 0 Å². The van der Waals surface area contributed by atoms with Crippen molar-refractivity contribution in [1.82, 2.24) is 4.98 Å². The summed E-state index contributed by atoms with van der Waals surface area (Å²) in [4.78, 5) is 4.35. The number of nitrogens with two attached hydrogens (primary N) is 1. The molecule has 20 heavy (non-hydrogen) atoms. The lowest BCUT2D eigenvalue weighted by Gasteiger charge is -2.19. The predicted molar refractivity (Wildman–Crippen MR) is 82.7 cm³/mol. The number of nitrogen functional groups attached to an aromatic ring is 1. The fraction of sp³-hybridized carbons (Fsp3) is 0.357. The van der Waals surface area contributed by atoms with Crippen LogP contribution in [0.15, 0.2) is 23.7 Å². The van der Waals surface area contributed by atoms with E-state index in [1.807, 2.05) is 17.6 Å². The Hall–Kier alpha value is -1.95. The molecular weight excluding hydrogens is 274 g/mol. The molecule has 3 N–H and O–H groups in total. The van der Waals surface area contributed by atoms with Crippen LogP contribution < -0.4 is 20.5 Å². The minimum atomic E-state index is 0.135. The normalized spacial score (nSPS) is 11.9. The van der Waals surface area contributed by atoms with Crippen molar-refractivity contribution in [2.24, 2.45) is 0 Å². The Kier molecular flexibility index (Phi) is 4.68. The topological polar surface area (TPSA) is 69.4 Å². The minimum absolute atomic E-state index is 0.135. The number of thiazole rings is 1. The van der Waals surface area contributed by atoms with E-state index in [0.29, 0.717) is 17.2 Å². The molecule has 0 bridgehead atoms. The van der Waals surface area contributed by atoms with Gasteiger partial charge in [0.1, 0.15) is 5.01 Å². The van der Waals surface area contributed by atoms with Crippen LogP contribution in [0.25, 0.3) is 0 Å². The van der Waals surface area contributed by atoms with Gasteiger partial charge in [-0.05, 0) is 6.42 Å². The van der Waals surface area contributed by atoms with Crippen molar-refractivity contribution in [2.45, 2.75) is 19.4 Å². The molecule has 1 heterocycles.